The van der Waals surface area contributed by atoms with Crippen molar-refractivity contribution >= 4 is 29.1 Å². The number of nitrogens with one attached hydrogen (secondary N) is 1. The van der Waals surface area contributed by atoms with Crippen LogP contribution >= 0.6 is 23.2 Å². The number of carbonyl (C=O) groups is 1. The van der Waals surface area contributed by atoms with Gasteiger partial charge in [0.05, 0.1) is 10.0 Å². The summed E-state index contributed by atoms with van der Waals surface area (Å²) < 4.78 is 0. The lowest BCUT2D eigenvalue weighted by atomic mass is 9.85. The van der Waals surface area contributed by atoms with Gasteiger partial charge in [0.2, 0.25) is 0 Å². The van der Waals surface area contributed by atoms with Crippen LogP contribution in [0.2, 0.25) is 10.0 Å². The number of nitrogens with zero attached hydrogens (tertiary/aromatic N) is 1. The molecule has 0 unspecified atom stereocenters. The van der Waals surface area contributed by atoms with Gasteiger partial charge >= 0.3 is 0 Å². The summed E-state index contributed by atoms with van der Waals surface area (Å²) in [4.78, 5) is 14.7. The van der Waals surface area contributed by atoms with Crippen LogP contribution in [-0.2, 0) is 0 Å². The Morgan fingerprint density at radius 2 is 1.88 bits per heavy atom. The molecule has 0 spiro atoms. The molecule has 2 aromatic carbocycles. The maximum Gasteiger partial charge on any atom is 0.253 e. The van der Waals surface area contributed by atoms with Crippen LogP contribution in [0.4, 0.5) is 0 Å². The lowest BCUT2D eigenvalue weighted by Gasteiger charge is -2.39. The molecule has 1 N–H and O–H groups in total. The van der Waals surface area contributed by atoms with Gasteiger partial charge in [0.1, 0.15) is 0 Å². The third kappa shape index (κ3) is 3.59. The molecule has 3 rings (SSSR count). The SMILES string of the molecule is CN(C(=O)c1ccccc1)[C@@H]1CCNC[C@H]1c1ccc(Cl)c(Cl)c1. The number of hydrogen-bond acceptors (Lipinski definition) is 2. The average molecular weight is 363 g/mol. The molecule has 1 saturated heterocycles. The first-order valence-corrected chi connectivity index (χ1v) is 8.81. The van der Waals surface area contributed by atoms with Gasteiger partial charge in [-0.25, -0.2) is 0 Å². The summed E-state index contributed by atoms with van der Waals surface area (Å²) in [6, 6.07) is 15.3. The van der Waals surface area contributed by atoms with Crippen molar-refractivity contribution in [3.63, 3.8) is 0 Å². The summed E-state index contributed by atoms with van der Waals surface area (Å²) in [7, 11) is 1.88. The molecule has 0 saturated carbocycles. The Balaban J connectivity index is 1.86. The molecule has 5 heteroatoms. The number of likely N-dealkylation sites (N-methyl/N-ethyl adjacent to an activating group) is 1. The monoisotopic (exact) mass is 362 g/mol. The second kappa shape index (κ2) is 7.56. The fourth-order valence-corrected chi connectivity index (χ4v) is 3.63. The van der Waals surface area contributed by atoms with Crippen molar-refractivity contribution in [1.29, 1.82) is 0 Å². The third-order valence-corrected chi connectivity index (χ3v) is 5.39. The first-order chi connectivity index (χ1) is 11.6. The van der Waals surface area contributed by atoms with Gasteiger partial charge in [0.25, 0.3) is 5.91 Å². The highest BCUT2D eigenvalue weighted by Crippen LogP contribution is 2.32. The molecule has 1 fully saturated rings. The molecule has 1 aliphatic rings. The number of amides is 1. The van der Waals surface area contributed by atoms with Gasteiger partial charge in [-0.2, -0.15) is 0 Å². The van der Waals surface area contributed by atoms with Crippen LogP contribution in [0.3, 0.4) is 0 Å². The fraction of sp³-hybridized carbons (Fsp3) is 0.316. The fourth-order valence-electron chi connectivity index (χ4n) is 3.33. The molecule has 3 nitrogen and oxygen atoms in total. The minimum Gasteiger partial charge on any atom is -0.338 e. The molecule has 1 amide bonds. The normalized spacial score (nSPS) is 20.6. The number of halogens is 2. The highest BCUT2D eigenvalue weighted by molar-refractivity contribution is 6.42. The molecule has 0 radical (unpaired) electrons. The highest BCUT2D eigenvalue weighted by Gasteiger charge is 2.32. The van der Waals surface area contributed by atoms with E-state index in [1.165, 1.54) is 0 Å². The minimum absolute atomic E-state index is 0.0487. The van der Waals surface area contributed by atoms with Gasteiger partial charge < -0.3 is 10.2 Å². The van der Waals surface area contributed by atoms with E-state index < -0.39 is 0 Å². The first kappa shape index (κ1) is 17.3. The van der Waals surface area contributed by atoms with Crippen molar-refractivity contribution in [3.8, 4) is 0 Å². The summed E-state index contributed by atoms with van der Waals surface area (Å²) in [5.41, 5.74) is 1.82. The van der Waals surface area contributed by atoms with Gasteiger partial charge in [-0.1, -0.05) is 47.5 Å². The summed E-state index contributed by atoms with van der Waals surface area (Å²) in [5, 5.41) is 4.52. The maximum atomic E-state index is 12.8. The number of piperidine rings is 1. The molecule has 126 valence electrons. The molecule has 0 bridgehead atoms. The van der Waals surface area contributed by atoms with Gasteiger partial charge in [-0.05, 0) is 42.8 Å². The third-order valence-electron chi connectivity index (χ3n) is 4.66. The van der Waals surface area contributed by atoms with Crippen LogP contribution in [0.1, 0.15) is 28.3 Å². The van der Waals surface area contributed by atoms with Crippen LogP contribution in [-0.4, -0.2) is 37.0 Å². The van der Waals surface area contributed by atoms with Crippen LogP contribution in [0.15, 0.2) is 48.5 Å². The van der Waals surface area contributed by atoms with Crippen molar-refractivity contribution in [2.45, 2.75) is 18.4 Å². The molecule has 2 atom stereocenters. The van der Waals surface area contributed by atoms with Gasteiger partial charge in [0, 0.05) is 31.1 Å². The minimum atomic E-state index is 0.0487. The molecule has 0 aromatic heterocycles. The Labute approximate surface area is 152 Å². The van der Waals surface area contributed by atoms with Crippen LogP contribution in [0.25, 0.3) is 0 Å². The smallest absolute Gasteiger partial charge is 0.253 e. The Morgan fingerprint density at radius 1 is 1.12 bits per heavy atom. The maximum absolute atomic E-state index is 12.8. The number of hydrogen-bond donors (Lipinski definition) is 1. The van der Waals surface area contributed by atoms with Gasteiger partial charge in [-0.3, -0.25) is 4.79 Å². The zero-order valence-corrected chi connectivity index (χ0v) is 15.0. The summed E-state index contributed by atoms with van der Waals surface area (Å²) in [6.45, 7) is 1.71. The number of carbonyl (C=O) groups excluding carboxylic acids is 1. The molecule has 1 heterocycles. The summed E-state index contributed by atoms with van der Waals surface area (Å²) in [5.74, 6) is 0.235. The second-order valence-corrected chi connectivity index (χ2v) is 6.94. The van der Waals surface area contributed by atoms with Gasteiger partial charge in [0.15, 0.2) is 0 Å². The predicted molar refractivity (Wildman–Crippen MR) is 99.0 cm³/mol. The Morgan fingerprint density at radius 3 is 2.58 bits per heavy atom. The topological polar surface area (TPSA) is 32.3 Å². The summed E-state index contributed by atoms with van der Waals surface area (Å²) >= 11 is 12.2. The first-order valence-electron chi connectivity index (χ1n) is 8.06. The largest absolute Gasteiger partial charge is 0.338 e. The van der Waals surface area contributed by atoms with Crippen LogP contribution in [0.5, 0.6) is 0 Å². The van der Waals surface area contributed by atoms with Crippen molar-refractivity contribution in [2.75, 3.05) is 20.1 Å². The van der Waals surface area contributed by atoms with E-state index in [0.717, 1.165) is 25.1 Å². The highest BCUT2D eigenvalue weighted by atomic mass is 35.5. The lowest BCUT2D eigenvalue weighted by molar-refractivity contribution is 0.0679. The Bertz CT molecular complexity index is 721. The van der Waals surface area contributed by atoms with E-state index >= 15 is 0 Å². The van der Waals surface area contributed by atoms with Crippen molar-refractivity contribution in [3.05, 3.63) is 69.7 Å². The van der Waals surface area contributed by atoms with E-state index in [4.69, 9.17) is 23.2 Å². The Kier molecular flexibility index (Phi) is 5.44. The standard InChI is InChI=1S/C19H20Cl2N2O/c1-23(19(24)13-5-3-2-4-6-13)18-9-10-22-12-15(18)14-7-8-16(20)17(21)11-14/h2-8,11,15,18,22H,9-10,12H2,1H3/t15-,18+/m0/s1. The molecule has 2 aromatic rings. The molecular weight excluding hydrogens is 343 g/mol. The number of benzene rings is 2. The molecule has 24 heavy (non-hydrogen) atoms. The van der Waals surface area contributed by atoms with Crippen molar-refractivity contribution in [2.24, 2.45) is 0 Å². The zero-order chi connectivity index (χ0) is 17.1. The average Bonchev–Trinajstić information content (AvgIpc) is 2.63. The van der Waals surface area contributed by atoms with Gasteiger partial charge in [-0.15, -0.1) is 0 Å². The van der Waals surface area contributed by atoms with E-state index in [1.54, 1.807) is 0 Å². The zero-order valence-electron chi connectivity index (χ0n) is 13.5. The molecule has 1 aliphatic heterocycles. The lowest BCUT2D eigenvalue weighted by Crippen LogP contribution is -2.49. The number of rotatable bonds is 3. The quantitative estimate of drug-likeness (QED) is 0.886. The van der Waals surface area contributed by atoms with E-state index in [-0.39, 0.29) is 17.9 Å². The summed E-state index contributed by atoms with van der Waals surface area (Å²) in [6.07, 6.45) is 0.903. The van der Waals surface area contributed by atoms with E-state index in [2.05, 4.69) is 5.32 Å². The van der Waals surface area contributed by atoms with Crippen LogP contribution < -0.4 is 5.32 Å². The van der Waals surface area contributed by atoms with E-state index in [1.807, 2.05) is 60.5 Å². The van der Waals surface area contributed by atoms with Crippen molar-refractivity contribution in [1.82, 2.24) is 10.2 Å². The second-order valence-electron chi connectivity index (χ2n) is 6.12. The van der Waals surface area contributed by atoms with E-state index in [9.17, 15) is 4.79 Å². The predicted octanol–water partition coefficient (Wildman–Crippen LogP) is 4.21. The van der Waals surface area contributed by atoms with Crippen molar-refractivity contribution < 1.29 is 4.79 Å². The molecular formula is C19H20Cl2N2O. The Hall–Kier alpha value is -1.55. The van der Waals surface area contributed by atoms with Crippen LogP contribution in [0, 0.1) is 0 Å². The van der Waals surface area contributed by atoms with E-state index in [0.29, 0.717) is 15.6 Å². The molecule has 0 aliphatic carbocycles.